The summed E-state index contributed by atoms with van der Waals surface area (Å²) in [6, 6.07) is 4.75. The second kappa shape index (κ2) is 8.14. The van der Waals surface area contributed by atoms with Crippen LogP contribution < -0.4 is 9.47 Å². The van der Waals surface area contributed by atoms with Crippen molar-refractivity contribution in [1.82, 2.24) is 9.21 Å². The molecule has 8 heteroatoms. The number of carbonyl (C=O) groups excluding carboxylic acids is 1. The topological polar surface area (TPSA) is 76.2 Å². The first-order chi connectivity index (χ1) is 13.8. The maximum absolute atomic E-state index is 13.1. The first-order valence-electron chi connectivity index (χ1n) is 10.5. The fourth-order valence-corrected chi connectivity index (χ4v) is 6.26. The summed E-state index contributed by atoms with van der Waals surface area (Å²) >= 11 is 0. The van der Waals surface area contributed by atoms with Gasteiger partial charge in [-0.2, -0.15) is 4.31 Å². The summed E-state index contributed by atoms with van der Waals surface area (Å²) < 4.78 is 38.6. The highest BCUT2D eigenvalue weighted by atomic mass is 32.2. The minimum absolute atomic E-state index is 0.0841. The number of hydrogen-bond donors (Lipinski definition) is 0. The molecule has 1 amide bonds. The van der Waals surface area contributed by atoms with Crippen LogP contribution in [0.5, 0.6) is 11.5 Å². The average molecular weight is 423 g/mol. The van der Waals surface area contributed by atoms with Crippen LogP contribution in [0.2, 0.25) is 0 Å². The predicted octanol–water partition coefficient (Wildman–Crippen LogP) is 2.36. The zero-order valence-electron chi connectivity index (χ0n) is 17.2. The van der Waals surface area contributed by atoms with Crippen LogP contribution in [-0.4, -0.2) is 62.9 Å². The van der Waals surface area contributed by atoms with Gasteiger partial charge in [-0.25, -0.2) is 8.42 Å². The van der Waals surface area contributed by atoms with Gasteiger partial charge in [-0.1, -0.05) is 13.8 Å². The molecule has 4 rings (SSSR count). The number of nitrogens with zero attached hydrogens (tertiary/aromatic N) is 2. The molecule has 160 valence electrons. The van der Waals surface area contributed by atoms with Gasteiger partial charge in [-0.05, 0) is 43.2 Å². The van der Waals surface area contributed by atoms with E-state index in [4.69, 9.17) is 9.47 Å². The summed E-state index contributed by atoms with van der Waals surface area (Å²) in [5.41, 5.74) is 0. The van der Waals surface area contributed by atoms with E-state index < -0.39 is 10.0 Å². The minimum atomic E-state index is -3.61. The van der Waals surface area contributed by atoms with E-state index in [-0.39, 0.29) is 16.7 Å². The summed E-state index contributed by atoms with van der Waals surface area (Å²) in [4.78, 5) is 15.2. The summed E-state index contributed by atoms with van der Waals surface area (Å²) in [6.45, 7) is 7.64. The second-order valence-corrected chi connectivity index (χ2v) is 10.6. The molecule has 2 unspecified atom stereocenters. The Balaban J connectivity index is 1.40. The standard InChI is InChI=1S/C21H30N2O5S/c1-15-11-16(2)14-22(13-15)21(24)17-5-7-23(8-6-17)29(25,26)18-3-4-19-20(12-18)28-10-9-27-19/h3-4,12,15-17H,5-11,13-14H2,1-2H3. The summed E-state index contributed by atoms with van der Waals surface area (Å²) in [6.07, 6.45) is 2.31. The highest BCUT2D eigenvalue weighted by molar-refractivity contribution is 7.89. The van der Waals surface area contributed by atoms with Gasteiger partial charge in [0.15, 0.2) is 11.5 Å². The number of benzene rings is 1. The summed E-state index contributed by atoms with van der Waals surface area (Å²) in [5.74, 6) is 2.20. The molecule has 2 atom stereocenters. The lowest BCUT2D eigenvalue weighted by Gasteiger charge is -2.39. The summed E-state index contributed by atoms with van der Waals surface area (Å²) in [5, 5.41) is 0. The highest BCUT2D eigenvalue weighted by Crippen LogP contribution is 2.34. The van der Waals surface area contributed by atoms with Crippen molar-refractivity contribution in [3.63, 3.8) is 0 Å². The third kappa shape index (κ3) is 4.23. The number of carbonyl (C=O) groups is 1. The maximum Gasteiger partial charge on any atom is 0.243 e. The van der Waals surface area contributed by atoms with Crippen molar-refractivity contribution in [1.29, 1.82) is 0 Å². The largest absolute Gasteiger partial charge is 0.486 e. The van der Waals surface area contributed by atoms with E-state index in [9.17, 15) is 13.2 Å². The van der Waals surface area contributed by atoms with Gasteiger partial charge >= 0.3 is 0 Å². The van der Waals surface area contributed by atoms with Gasteiger partial charge in [-0.3, -0.25) is 4.79 Å². The molecule has 3 heterocycles. The van der Waals surface area contributed by atoms with E-state index in [1.54, 1.807) is 12.1 Å². The molecule has 2 fully saturated rings. The van der Waals surface area contributed by atoms with Gasteiger partial charge < -0.3 is 14.4 Å². The van der Waals surface area contributed by atoms with E-state index >= 15 is 0 Å². The van der Waals surface area contributed by atoms with Crippen molar-refractivity contribution >= 4 is 15.9 Å². The zero-order chi connectivity index (χ0) is 20.6. The smallest absolute Gasteiger partial charge is 0.243 e. The average Bonchev–Trinajstić information content (AvgIpc) is 2.72. The molecule has 0 radical (unpaired) electrons. The number of ether oxygens (including phenoxy) is 2. The monoisotopic (exact) mass is 422 g/mol. The Morgan fingerprint density at radius 2 is 1.62 bits per heavy atom. The second-order valence-electron chi connectivity index (χ2n) is 8.67. The lowest BCUT2D eigenvalue weighted by molar-refractivity contribution is -0.139. The van der Waals surface area contributed by atoms with Crippen molar-refractivity contribution < 1.29 is 22.7 Å². The van der Waals surface area contributed by atoms with Gasteiger partial charge in [0, 0.05) is 38.2 Å². The van der Waals surface area contributed by atoms with Gasteiger partial charge in [0.2, 0.25) is 15.9 Å². The van der Waals surface area contributed by atoms with E-state index in [2.05, 4.69) is 13.8 Å². The minimum Gasteiger partial charge on any atom is -0.486 e. The van der Waals surface area contributed by atoms with Crippen LogP contribution in [0.25, 0.3) is 0 Å². The zero-order valence-corrected chi connectivity index (χ0v) is 18.0. The Hall–Kier alpha value is -1.80. The van der Waals surface area contributed by atoms with E-state index in [0.29, 0.717) is 62.5 Å². The molecule has 0 N–H and O–H groups in total. The molecular formula is C21H30N2O5S. The SMILES string of the molecule is CC1CC(C)CN(C(=O)C2CCN(S(=O)(=O)c3ccc4c(c3)OCCO4)CC2)C1. The number of amides is 1. The molecule has 3 aliphatic rings. The Morgan fingerprint density at radius 1 is 1.00 bits per heavy atom. The highest BCUT2D eigenvalue weighted by Gasteiger charge is 2.36. The van der Waals surface area contributed by atoms with Crippen LogP contribution in [0.3, 0.4) is 0 Å². The predicted molar refractivity (Wildman–Crippen MR) is 108 cm³/mol. The molecule has 1 aromatic carbocycles. The van der Waals surface area contributed by atoms with Crippen LogP contribution in [0, 0.1) is 17.8 Å². The Bertz CT molecular complexity index is 854. The third-order valence-corrected chi connectivity index (χ3v) is 8.03. The number of fused-ring (bicyclic) bond motifs is 1. The van der Waals surface area contributed by atoms with Gasteiger partial charge in [0.1, 0.15) is 13.2 Å². The molecule has 7 nitrogen and oxygen atoms in total. The molecule has 0 saturated carbocycles. The Kier molecular flexibility index (Phi) is 5.75. The lowest BCUT2D eigenvalue weighted by atomic mass is 9.89. The van der Waals surface area contributed by atoms with Crippen LogP contribution in [-0.2, 0) is 14.8 Å². The van der Waals surface area contributed by atoms with Crippen molar-refractivity contribution in [3.8, 4) is 11.5 Å². The number of sulfonamides is 1. The van der Waals surface area contributed by atoms with E-state index in [1.807, 2.05) is 4.90 Å². The Labute approximate surface area is 173 Å². The normalized spacial score (nSPS) is 26.3. The number of rotatable bonds is 3. The van der Waals surface area contributed by atoms with Crippen LogP contribution >= 0.6 is 0 Å². The lowest BCUT2D eigenvalue weighted by Crippen LogP contribution is -2.48. The number of piperidine rings is 2. The molecule has 0 aromatic heterocycles. The van der Waals surface area contributed by atoms with E-state index in [0.717, 1.165) is 19.5 Å². The van der Waals surface area contributed by atoms with Crippen molar-refractivity contribution in [3.05, 3.63) is 18.2 Å². The van der Waals surface area contributed by atoms with Gasteiger partial charge in [0.25, 0.3) is 0 Å². The van der Waals surface area contributed by atoms with Crippen LogP contribution in [0.15, 0.2) is 23.1 Å². The van der Waals surface area contributed by atoms with Crippen LogP contribution in [0.1, 0.15) is 33.1 Å². The van der Waals surface area contributed by atoms with Crippen molar-refractivity contribution in [2.45, 2.75) is 38.0 Å². The van der Waals surface area contributed by atoms with Crippen molar-refractivity contribution in [2.24, 2.45) is 17.8 Å². The molecule has 29 heavy (non-hydrogen) atoms. The molecule has 3 aliphatic heterocycles. The van der Waals surface area contributed by atoms with Gasteiger partial charge in [0.05, 0.1) is 4.90 Å². The maximum atomic E-state index is 13.1. The number of likely N-dealkylation sites (tertiary alicyclic amines) is 1. The van der Waals surface area contributed by atoms with E-state index in [1.165, 1.54) is 10.4 Å². The Morgan fingerprint density at radius 3 is 2.28 bits per heavy atom. The number of hydrogen-bond acceptors (Lipinski definition) is 5. The fourth-order valence-electron chi connectivity index (χ4n) is 4.78. The van der Waals surface area contributed by atoms with Crippen LogP contribution in [0.4, 0.5) is 0 Å². The van der Waals surface area contributed by atoms with Gasteiger partial charge in [-0.15, -0.1) is 0 Å². The van der Waals surface area contributed by atoms with Crippen molar-refractivity contribution in [2.75, 3.05) is 39.4 Å². The fraction of sp³-hybridized carbons (Fsp3) is 0.667. The third-order valence-electron chi connectivity index (χ3n) is 6.14. The molecule has 0 spiro atoms. The molecular weight excluding hydrogens is 392 g/mol. The molecule has 0 aliphatic carbocycles. The molecule has 1 aromatic rings. The first kappa shape index (κ1) is 20.5. The first-order valence-corrected chi connectivity index (χ1v) is 12.0. The summed E-state index contributed by atoms with van der Waals surface area (Å²) in [7, 11) is -3.61. The molecule has 0 bridgehead atoms. The quantitative estimate of drug-likeness (QED) is 0.748. The molecule has 2 saturated heterocycles.